The molecule has 1 unspecified atom stereocenters. The molecule has 1 aromatic rings. The van der Waals surface area contributed by atoms with Crippen LogP contribution in [0.4, 0.5) is 13.2 Å². The van der Waals surface area contributed by atoms with Crippen molar-refractivity contribution in [3.05, 3.63) is 24.3 Å². The summed E-state index contributed by atoms with van der Waals surface area (Å²) in [5, 5.41) is 2.32. The van der Waals surface area contributed by atoms with Gasteiger partial charge in [0.15, 0.2) is 0 Å². The number of alkyl halides is 3. The zero-order chi connectivity index (χ0) is 21.5. The van der Waals surface area contributed by atoms with Crippen molar-refractivity contribution in [3.63, 3.8) is 0 Å². The Bertz CT molecular complexity index is 796. The number of benzene rings is 1. The topological polar surface area (TPSA) is 111 Å². The molecule has 12 heteroatoms. The van der Waals surface area contributed by atoms with Gasteiger partial charge in [0.05, 0.1) is 13.7 Å². The van der Waals surface area contributed by atoms with Crippen molar-refractivity contribution in [2.75, 3.05) is 13.7 Å². The fraction of sp³-hybridized carbons (Fsp3) is 0.500. The zero-order valence-electron chi connectivity index (χ0n) is 15.4. The molecule has 0 saturated carbocycles. The predicted octanol–water partition coefficient (Wildman–Crippen LogP) is 1.57. The molecule has 0 saturated heterocycles. The van der Waals surface area contributed by atoms with E-state index >= 15 is 0 Å². The maximum Gasteiger partial charge on any atom is 0.573 e. The van der Waals surface area contributed by atoms with Crippen molar-refractivity contribution in [2.45, 2.75) is 37.6 Å². The first-order valence-corrected chi connectivity index (χ1v) is 9.55. The third-order valence-electron chi connectivity index (χ3n) is 3.32. The molecule has 0 radical (unpaired) electrons. The van der Waals surface area contributed by atoms with Crippen LogP contribution in [-0.2, 0) is 24.3 Å². The molecule has 158 valence electrons. The van der Waals surface area contributed by atoms with Gasteiger partial charge in [-0.2, -0.15) is 0 Å². The lowest BCUT2D eigenvalue weighted by molar-refractivity contribution is -0.275. The summed E-state index contributed by atoms with van der Waals surface area (Å²) in [7, 11) is -3.35. The highest BCUT2D eigenvalue weighted by molar-refractivity contribution is 7.89. The summed E-state index contributed by atoms with van der Waals surface area (Å²) in [5.74, 6) is -2.45. The van der Waals surface area contributed by atoms with Gasteiger partial charge in [0.1, 0.15) is 16.7 Å². The van der Waals surface area contributed by atoms with E-state index in [1.54, 1.807) is 0 Å². The van der Waals surface area contributed by atoms with Gasteiger partial charge in [0, 0.05) is 0 Å². The van der Waals surface area contributed by atoms with Crippen molar-refractivity contribution in [1.82, 2.24) is 10.0 Å². The maximum absolute atomic E-state index is 12.4. The van der Waals surface area contributed by atoms with Crippen LogP contribution >= 0.6 is 0 Å². The van der Waals surface area contributed by atoms with E-state index in [9.17, 15) is 31.2 Å². The molecule has 0 aromatic heterocycles. The first-order valence-electron chi connectivity index (χ1n) is 8.07. The molecule has 0 heterocycles. The van der Waals surface area contributed by atoms with E-state index in [0.29, 0.717) is 0 Å². The molecule has 8 nitrogen and oxygen atoms in total. The summed E-state index contributed by atoms with van der Waals surface area (Å²) >= 11 is 0. The van der Waals surface area contributed by atoms with Gasteiger partial charge in [-0.1, -0.05) is 26.0 Å². The van der Waals surface area contributed by atoms with Crippen molar-refractivity contribution < 1.29 is 40.7 Å². The molecule has 0 bridgehead atoms. The fourth-order valence-corrected chi connectivity index (χ4v) is 3.30. The highest BCUT2D eigenvalue weighted by Crippen LogP contribution is 2.29. The minimum Gasteiger partial charge on any atom is -0.467 e. The fourth-order valence-electron chi connectivity index (χ4n) is 2.19. The number of ether oxygens (including phenoxy) is 2. The molecule has 0 aliphatic carbocycles. The minimum atomic E-state index is -5.09. The van der Waals surface area contributed by atoms with Crippen molar-refractivity contribution in [2.24, 2.45) is 5.92 Å². The Morgan fingerprint density at radius 2 is 1.79 bits per heavy atom. The number of esters is 1. The number of nitrogens with one attached hydrogen (secondary N) is 2. The number of carbonyl (C=O) groups is 2. The average molecular weight is 426 g/mol. The SMILES string of the molecule is COC(=O)C(CC(C)C)NC(=O)CNS(=O)(=O)c1ccccc1OC(F)(F)F. The first kappa shape index (κ1) is 23.7. The number of hydrogen-bond acceptors (Lipinski definition) is 6. The maximum atomic E-state index is 12.4. The quantitative estimate of drug-likeness (QED) is 0.580. The molecular formula is C16H21F3N2O6S. The number of amides is 1. The number of carbonyl (C=O) groups excluding carboxylic acids is 2. The molecule has 0 aliphatic heterocycles. The van der Waals surface area contributed by atoms with Gasteiger partial charge in [-0.25, -0.2) is 17.9 Å². The second-order valence-electron chi connectivity index (χ2n) is 6.09. The molecule has 0 aliphatic rings. The third-order valence-corrected chi connectivity index (χ3v) is 4.76. The monoisotopic (exact) mass is 426 g/mol. The second-order valence-corrected chi connectivity index (χ2v) is 7.83. The Kier molecular flexibility index (Phi) is 8.24. The van der Waals surface area contributed by atoms with Crippen LogP contribution < -0.4 is 14.8 Å². The number of hydrogen-bond donors (Lipinski definition) is 2. The molecule has 0 fully saturated rings. The lowest BCUT2D eigenvalue weighted by Crippen LogP contribution is -2.46. The van der Waals surface area contributed by atoms with Gasteiger partial charge in [0.2, 0.25) is 15.9 Å². The predicted molar refractivity (Wildman–Crippen MR) is 91.7 cm³/mol. The Morgan fingerprint density at radius 3 is 2.32 bits per heavy atom. The minimum absolute atomic E-state index is 0.0347. The van der Waals surface area contributed by atoms with E-state index in [2.05, 4.69) is 14.8 Å². The summed E-state index contributed by atoms with van der Waals surface area (Å²) < 4.78 is 72.0. The molecule has 1 aromatic carbocycles. The van der Waals surface area contributed by atoms with Crippen LogP contribution in [0.25, 0.3) is 0 Å². The molecule has 1 rings (SSSR count). The number of rotatable bonds is 9. The summed E-state index contributed by atoms with van der Waals surface area (Å²) in [5.41, 5.74) is 0. The molecule has 0 spiro atoms. The smallest absolute Gasteiger partial charge is 0.467 e. The normalized spacial score (nSPS) is 13.1. The number of halogens is 3. The van der Waals surface area contributed by atoms with Crippen LogP contribution in [0.5, 0.6) is 5.75 Å². The van der Waals surface area contributed by atoms with Crippen LogP contribution in [0.15, 0.2) is 29.2 Å². The second kappa shape index (κ2) is 9.73. The summed E-state index contributed by atoms with van der Waals surface area (Å²) in [4.78, 5) is 22.9. The Labute approximate surface area is 160 Å². The van der Waals surface area contributed by atoms with Crippen molar-refractivity contribution >= 4 is 21.9 Å². The zero-order valence-corrected chi connectivity index (χ0v) is 16.2. The van der Waals surface area contributed by atoms with Crippen LogP contribution in [0, 0.1) is 5.92 Å². The van der Waals surface area contributed by atoms with Crippen LogP contribution in [0.2, 0.25) is 0 Å². The van der Waals surface area contributed by atoms with Crippen LogP contribution in [-0.4, -0.2) is 46.4 Å². The Balaban J connectivity index is 2.86. The van der Waals surface area contributed by atoms with E-state index in [0.717, 1.165) is 19.2 Å². The first-order chi connectivity index (χ1) is 12.9. The van der Waals surface area contributed by atoms with Crippen LogP contribution in [0.3, 0.4) is 0 Å². The number of sulfonamides is 1. The van der Waals surface area contributed by atoms with Crippen molar-refractivity contribution in [1.29, 1.82) is 0 Å². The molecule has 1 amide bonds. The molecule has 28 heavy (non-hydrogen) atoms. The van der Waals surface area contributed by atoms with Gasteiger partial charge >= 0.3 is 12.3 Å². The summed E-state index contributed by atoms with van der Waals surface area (Å²) in [6.07, 6.45) is -4.83. The lowest BCUT2D eigenvalue weighted by Gasteiger charge is -2.18. The van der Waals surface area contributed by atoms with Gasteiger partial charge in [-0.05, 0) is 24.5 Å². The van der Waals surface area contributed by atoms with E-state index in [1.165, 1.54) is 12.1 Å². The summed E-state index contributed by atoms with van der Waals surface area (Å²) in [6, 6.07) is 3.12. The van der Waals surface area contributed by atoms with E-state index in [4.69, 9.17) is 0 Å². The highest BCUT2D eigenvalue weighted by atomic mass is 32.2. The van der Waals surface area contributed by atoms with E-state index in [1.807, 2.05) is 18.6 Å². The van der Waals surface area contributed by atoms with Gasteiger partial charge < -0.3 is 14.8 Å². The molecule has 2 N–H and O–H groups in total. The average Bonchev–Trinajstić information content (AvgIpc) is 2.57. The third kappa shape index (κ3) is 7.72. The lowest BCUT2D eigenvalue weighted by atomic mass is 10.0. The number of para-hydroxylation sites is 1. The Morgan fingerprint density at radius 1 is 1.18 bits per heavy atom. The highest BCUT2D eigenvalue weighted by Gasteiger charge is 2.34. The molecular weight excluding hydrogens is 405 g/mol. The van der Waals surface area contributed by atoms with E-state index < -0.39 is 51.5 Å². The van der Waals surface area contributed by atoms with Crippen LogP contribution in [0.1, 0.15) is 20.3 Å². The van der Waals surface area contributed by atoms with Gasteiger partial charge in [-0.3, -0.25) is 4.79 Å². The molecule has 1 atom stereocenters. The Hall–Kier alpha value is -2.34. The largest absolute Gasteiger partial charge is 0.573 e. The van der Waals surface area contributed by atoms with Gasteiger partial charge in [0.25, 0.3) is 0 Å². The standard InChI is InChI=1S/C16H21F3N2O6S/c1-10(2)8-11(15(23)26-3)21-14(22)9-20-28(24,25)13-7-5-4-6-12(13)27-16(17,18)19/h4-7,10-11,20H,8-9H2,1-3H3,(H,21,22). The summed E-state index contributed by atoms with van der Waals surface area (Å²) in [6.45, 7) is 2.82. The van der Waals surface area contributed by atoms with Gasteiger partial charge in [-0.15, -0.1) is 13.2 Å². The number of methoxy groups -OCH3 is 1. The van der Waals surface area contributed by atoms with Crippen molar-refractivity contribution in [3.8, 4) is 5.75 Å². The van der Waals surface area contributed by atoms with E-state index in [-0.39, 0.29) is 12.3 Å².